The first kappa shape index (κ1) is 21.5. The monoisotopic (exact) mass is 445 g/mol. The Balaban J connectivity index is 1.35. The van der Waals surface area contributed by atoms with Crippen LogP contribution in [0, 0.1) is 17.8 Å². The molecule has 176 valence electrons. The number of hydrogen-bond donors (Lipinski definition) is 0. The molecule has 3 nitrogen and oxygen atoms in total. The molecule has 1 amide bonds. The van der Waals surface area contributed by atoms with Crippen LogP contribution in [0.25, 0.3) is 0 Å². The third-order valence-electron chi connectivity index (χ3n) is 9.22. The van der Waals surface area contributed by atoms with Crippen molar-refractivity contribution in [1.29, 1.82) is 0 Å². The van der Waals surface area contributed by atoms with E-state index in [1.54, 1.807) is 0 Å². The molecule has 1 saturated heterocycles. The van der Waals surface area contributed by atoms with Crippen molar-refractivity contribution < 1.29 is 9.53 Å². The van der Waals surface area contributed by atoms with Crippen molar-refractivity contribution in [2.75, 3.05) is 18.1 Å². The third kappa shape index (κ3) is 3.67. The highest BCUT2D eigenvalue weighted by Crippen LogP contribution is 2.55. The zero-order valence-electron chi connectivity index (χ0n) is 20.1. The quantitative estimate of drug-likeness (QED) is 0.487. The van der Waals surface area contributed by atoms with E-state index < -0.39 is 5.41 Å². The lowest BCUT2D eigenvalue weighted by Gasteiger charge is -2.31. The number of anilines is 1. The molecule has 3 atom stereocenters. The number of amides is 1. The Morgan fingerprint density at radius 3 is 2.24 bits per heavy atom. The smallest absolute Gasteiger partial charge is 0.245 e. The second-order valence-corrected chi connectivity index (χ2v) is 11.3. The van der Waals surface area contributed by atoms with Gasteiger partial charge in [0.25, 0.3) is 0 Å². The van der Waals surface area contributed by atoms with Gasteiger partial charge in [0.1, 0.15) is 17.8 Å². The summed E-state index contributed by atoms with van der Waals surface area (Å²) in [5.74, 6) is 3.03. The van der Waals surface area contributed by atoms with Crippen LogP contribution in [0.15, 0.2) is 47.7 Å². The largest absolute Gasteiger partial charge is 0.492 e. The van der Waals surface area contributed by atoms with Crippen LogP contribution in [-0.2, 0) is 14.9 Å². The molecule has 2 aliphatic heterocycles. The summed E-state index contributed by atoms with van der Waals surface area (Å²) in [5, 5.41) is 0. The number of rotatable bonds is 2. The van der Waals surface area contributed by atoms with E-state index >= 15 is 0 Å². The number of fused-ring (bicyclic) bond motifs is 5. The van der Waals surface area contributed by atoms with Crippen LogP contribution in [0.1, 0.15) is 89.0 Å². The molecule has 33 heavy (non-hydrogen) atoms. The van der Waals surface area contributed by atoms with Gasteiger partial charge in [-0.05, 0) is 61.1 Å². The predicted octanol–water partition coefficient (Wildman–Crippen LogP) is 7.07. The van der Waals surface area contributed by atoms with Gasteiger partial charge in [-0.25, -0.2) is 0 Å². The maximum Gasteiger partial charge on any atom is 0.245 e. The average Bonchev–Trinajstić information content (AvgIpc) is 3.34. The highest BCUT2D eigenvalue weighted by atomic mass is 16.5. The summed E-state index contributed by atoms with van der Waals surface area (Å²) in [6.45, 7) is 1.34. The number of ether oxygens (including phenoxy) is 1. The minimum absolute atomic E-state index is 0.266. The Morgan fingerprint density at radius 2 is 1.45 bits per heavy atom. The molecule has 2 heterocycles. The Bertz CT molecular complexity index is 956. The SMILES string of the molecule is O=C1N(CC2CCCCC2)c2ccccc2C12COC1=CC3CCCCCCCCC3C=C12. The van der Waals surface area contributed by atoms with Gasteiger partial charge in [0.05, 0.1) is 0 Å². The molecule has 1 spiro atoms. The highest BCUT2D eigenvalue weighted by molar-refractivity contribution is 6.11. The van der Waals surface area contributed by atoms with Gasteiger partial charge in [0, 0.05) is 17.8 Å². The van der Waals surface area contributed by atoms with Crippen LogP contribution in [0.2, 0.25) is 0 Å². The zero-order chi connectivity index (χ0) is 22.3. The third-order valence-corrected chi connectivity index (χ3v) is 9.22. The molecule has 3 heteroatoms. The Morgan fingerprint density at radius 1 is 0.818 bits per heavy atom. The maximum atomic E-state index is 14.3. The second-order valence-electron chi connectivity index (χ2n) is 11.3. The Labute approximate surface area is 199 Å². The van der Waals surface area contributed by atoms with E-state index in [0.29, 0.717) is 24.4 Å². The van der Waals surface area contributed by atoms with Crippen molar-refractivity contribution >= 4 is 11.6 Å². The van der Waals surface area contributed by atoms with Crippen LogP contribution in [0.3, 0.4) is 0 Å². The highest BCUT2D eigenvalue weighted by Gasteiger charge is 2.59. The standard InChI is InChI=1S/C30H39NO2/c32-29-30(25-16-10-11-17-27(25)31(29)20-22-12-6-5-7-13-22)21-33-28-19-24-15-9-4-2-1-3-8-14-23(24)18-26(28)30/h10-11,16-19,22-24H,1-9,12-15,20-21H2. The van der Waals surface area contributed by atoms with E-state index in [1.165, 1.54) is 94.6 Å². The molecule has 0 bridgehead atoms. The molecule has 1 aromatic carbocycles. The van der Waals surface area contributed by atoms with Crippen LogP contribution in [0.5, 0.6) is 0 Å². The van der Waals surface area contributed by atoms with Gasteiger partial charge in [-0.3, -0.25) is 4.79 Å². The fourth-order valence-corrected chi connectivity index (χ4v) is 7.37. The van der Waals surface area contributed by atoms with Crippen molar-refractivity contribution in [2.24, 2.45) is 17.8 Å². The van der Waals surface area contributed by atoms with E-state index in [0.717, 1.165) is 18.0 Å². The van der Waals surface area contributed by atoms with E-state index in [2.05, 4.69) is 41.3 Å². The zero-order valence-corrected chi connectivity index (χ0v) is 20.1. The first-order valence-electron chi connectivity index (χ1n) is 13.8. The van der Waals surface area contributed by atoms with Gasteiger partial charge < -0.3 is 9.64 Å². The summed E-state index contributed by atoms with van der Waals surface area (Å²) in [6.07, 6.45) is 22.0. The summed E-state index contributed by atoms with van der Waals surface area (Å²) in [5.41, 5.74) is 2.87. The van der Waals surface area contributed by atoms with Crippen molar-refractivity contribution in [3.05, 3.63) is 53.3 Å². The number of carbonyl (C=O) groups excluding carboxylic acids is 1. The molecule has 2 saturated carbocycles. The summed E-state index contributed by atoms with van der Waals surface area (Å²) in [6, 6.07) is 8.57. The fourth-order valence-electron chi connectivity index (χ4n) is 7.37. The average molecular weight is 446 g/mol. The summed E-state index contributed by atoms with van der Waals surface area (Å²) >= 11 is 0. The molecular weight excluding hydrogens is 406 g/mol. The molecule has 6 rings (SSSR count). The molecule has 5 aliphatic rings. The van der Waals surface area contributed by atoms with Crippen LogP contribution < -0.4 is 4.90 Å². The van der Waals surface area contributed by atoms with Crippen LogP contribution >= 0.6 is 0 Å². The van der Waals surface area contributed by atoms with Gasteiger partial charge in [-0.2, -0.15) is 0 Å². The predicted molar refractivity (Wildman–Crippen MR) is 133 cm³/mol. The Kier molecular flexibility index (Phi) is 5.84. The molecule has 0 aromatic heterocycles. The second kappa shape index (κ2) is 8.96. The van der Waals surface area contributed by atoms with Crippen molar-refractivity contribution in [2.45, 2.75) is 88.9 Å². The summed E-state index contributed by atoms with van der Waals surface area (Å²) in [4.78, 5) is 16.4. The first-order chi connectivity index (χ1) is 16.3. The van der Waals surface area contributed by atoms with Gasteiger partial charge in [0.15, 0.2) is 0 Å². The molecular formula is C30H39NO2. The summed E-state index contributed by atoms with van der Waals surface area (Å²) in [7, 11) is 0. The van der Waals surface area contributed by atoms with E-state index in [1.807, 2.05) is 0 Å². The summed E-state index contributed by atoms with van der Waals surface area (Å²) < 4.78 is 6.38. The van der Waals surface area contributed by atoms with Crippen molar-refractivity contribution in [3.8, 4) is 0 Å². The lowest BCUT2D eigenvalue weighted by molar-refractivity contribution is -0.122. The fraction of sp³-hybridized carbons (Fsp3) is 0.633. The molecule has 1 aromatic rings. The molecule has 3 aliphatic carbocycles. The van der Waals surface area contributed by atoms with Crippen LogP contribution in [0.4, 0.5) is 5.69 Å². The van der Waals surface area contributed by atoms with Crippen LogP contribution in [-0.4, -0.2) is 19.1 Å². The number of allylic oxidation sites excluding steroid dienone is 3. The van der Waals surface area contributed by atoms with E-state index in [9.17, 15) is 4.79 Å². The number of carbonyl (C=O) groups is 1. The number of benzene rings is 1. The lowest BCUT2D eigenvalue weighted by atomic mass is 9.70. The number of nitrogens with zero attached hydrogens (tertiary/aromatic N) is 1. The molecule has 0 N–H and O–H groups in total. The van der Waals surface area contributed by atoms with Gasteiger partial charge in [-0.15, -0.1) is 0 Å². The number of hydrogen-bond acceptors (Lipinski definition) is 2. The van der Waals surface area contributed by atoms with Gasteiger partial charge in [0.2, 0.25) is 5.91 Å². The van der Waals surface area contributed by atoms with Crippen molar-refractivity contribution in [3.63, 3.8) is 0 Å². The topological polar surface area (TPSA) is 29.5 Å². The first-order valence-corrected chi connectivity index (χ1v) is 13.8. The van der Waals surface area contributed by atoms with Gasteiger partial charge >= 0.3 is 0 Å². The lowest BCUT2D eigenvalue weighted by Crippen LogP contribution is -2.44. The maximum absolute atomic E-state index is 14.3. The van der Waals surface area contributed by atoms with E-state index in [-0.39, 0.29) is 5.91 Å². The van der Waals surface area contributed by atoms with Gasteiger partial charge in [-0.1, -0.05) is 82.1 Å². The molecule has 0 radical (unpaired) electrons. The normalized spacial score (nSPS) is 32.5. The molecule has 3 fully saturated rings. The Hall–Kier alpha value is -2.03. The molecule has 3 unspecified atom stereocenters. The van der Waals surface area contributed by atoms with Crippen molar-refractivity contribution in [1.82, 2.24) is 0 Å². The van der Waals surface area contributed by atoms with E-state index in [4.69, 9.17) is 4.74 Å². The minimum Gasteiger partial charge on any atom is -0.492 e. The minimum atomic E-state index is -0.628. The number of para-hydroxylation sites is 1.